The molecule has 1 amide bonds. The molecule has 4 aliphatic rings. The van der Waals surface area contributed by atoms with Crippen LogP contribution >= 0.6 is 11.3 Å². The highest BCUT2D eigenvalue weighted by Gasteiger charge is 2.62. The van der Waals surface area contributed by atoms with E-state index in [9.17, 15) is 9.90 Å². The van der Waals surface area contributed by atoms with Crippen LogP contribution in [-0.4, -0.2) is 39.7 Å². The molecule has 2 heterocycles. The summed E-state index contributed by atoms with van der Waals surface area (Å²) in [5.74, 6) is 1.87. The quantitative estimate of drug-likeness (QED) is 0.487. The normalized spacial score (nSPS) is 30.6. The van der Waals surface area contributed by atoms with Gasteiger partial charge in [-0.15, -0.1) is 11.3 Å². The van der Waals surface area contributed by atoms with Gasteiger partial charge in [-0.3, -0.25) is 4.79 Å². The van der Waals surface area contributed by atoms with E-state index in [1.807, 2.05) is 23.7 Å². The fourth-order valence-electron chi connectivity index (χ4n) is 6.21. The molecule has 4 N–H and O–H groups in total. The third-order valence-corrected chi connectivity index (χ3v) is 8.21. The zero-order valence-electron chi connectivity index (χ0n) is 17.3. The van der Waals surface area contributed by atoms with Gasteiger partial charge in [0.15, 0.2) is 0 Å². The Labute approximate surface area is 184 Å². The number of anilines is 3. The van der Waals surface area contributed by atoms with Crippen LogP contribution in [0.1, 0.15) is 36.0 Å². The van der Waals surface area contributed by atoms with Crippen molar-refractivity contribution in [3.05, 3.63) is 41.5 Å². The van der Waals surface area contributed by atoms with E-state index in [1.54, 1.807) is 24.6 Å². The second-order valence-electron chi connectivity index (χ2n) is 9.24. The molecule has 0 spiro atoms. The van der Waals surface area contributed by atoms with Gasteiger partial charge >= 0.3 is 0 Å². The average Bonchev–Trinajstić information content (AvgIpc) is 3.36. The van der Waals surface area contributed by atoms with Crippen LogP contribution in [0.5, 0.6) is 0 Å². The molecule has 8 heteroatoms. The summed E-state index contributed by atoms with van der Waals surface area (Å²) in [5, 5.41) is 20.8. The van der Waals surface area contributed by atoms with Crippen LogP contribution in [0.15, 0.2) is 36.0 Å². The summed E-state index contributed by atoms with van der Waals surface area (Å²) in [5.41, 5.74) is 4.50. The zero-order valence-corrected chi connectivity index (χ0v) is 18.1. The van der Waals surface area contributed by atoms with Gasteiger partial charge in [0, 0.05) is 37.0 Å². The lowest BCUT2D eigenvalue weighted by Gasteiger charge is -2.33. The maximum absolute atomic E-state index is 12.5. The van der Waals surface area contributed by atoms with Gasteiger partial charge in [0.1, 0.15) is 5.82 Å². The molecule has 1 aromatic carbocycles. The fourth-order valence-corrected chi connectivity index (χ4v) is 6.93. The highest BCUT2D eigenvalue weighted by atomic mass is 32.1. The number of aromatic nitrogens is 2. The van der Waals surface area contributed by atoms with Gasteiger partial charge in [-0.1, -0.05) is 0 Å². The van der Waals surface area contributed by atoms with E-state index in [0.717, 1.165) is 47.3 Å². The van der Waals surface area contributed by atoms with Crippen LogP contribution in [0.25, 0.3) is 10.2 Å². The van der Waals surface area contributed by atoms with Crippen molar-refractivity contribution in [3.63, 3.8) is 0 Å². The first-order valence-electron chi connectivity index (χ1n) is 10.8. The Morgan fingerprint density at radius 1 is 1.23 bits per heavy atom. The first kappa shape index (κ1) is 19.0. The van der Waals surface area contributed by atoms with E-state index in [4.69, 9.17) is 0 Å². The highest BCUT2D eigenvalue weighted by Crippen LogP contribution is 2.61. The predicted octanol–water partition coefficient (Wildman–Crippen LogP) is 3.76. The number of pyridine rings is 1. The van der Waals surface area contributed by atoms with Gasteiger partial charge in [0.05, 0.1) is 32.6 Å². The van der Waals surface area contributed by atoms with Crippen LogP contribution in [0.4, 0.5) is 17.2 Å². The number of carbonyl (C=O) groups excluding carboxylic acids is 1. The largest absolute Gasteiger partial charge is 0.389 e. The number of aliphatic hydroxyl groups is 1. The van der Waals surface area contributed by atoms with Crippen molar-refractivity contribution >= 4 is 44.7 Å². The Balaban J connectivity index is 1.31. The minimum absolute atomic E-state index is 0.168. The Morgan fingerprint density at radius 2 is 2.13 bits per heavy atom. The molecule has 0 radical (unpaired) electrons. The van der Waals surface area contributed by atoms with Crippen molar-refractivity contribution in [3.8, 4) is 0 Å². The topological polar surface area (TPSA) is 99.2 Å². The molecular weight excluding hydrogens is 410 g/mol. The van der Waals surface area contributed by atoms with Gasteiger partial charge < -0.3 is 21.1 Å². The average molecular weight is 436 g/mol. The number of hydrogen-bond donors (Lipinski definition) is 4. The van der Waals surface area contributed by atoms with E-state index in [2.05, 4.69) is 32.0 Å². The van der Waals surface area contributed by atoms with E-state index < -0.39 is 5.60 Å². The van der Waals surface area contributed by atoms with Crippen LogP contribution in [0.3, 0.4) is 0 Å². The number of nitrogens with zero attached hydrogens (tertiary/aromatic N) is 2. The van der Waals surface area contributed by atoms with Gasteiger partial charge in [-0.2, -0.15) is 0 Å². The third-order valence-electron chi connectivity index (χ3n) is 7.41. The van der Waals surface area contributed by atoms with Gasteiger partial charge in [-0.05, 0) is 55.7 Å². The first-order chi connectivity index (χ1) is 15.0. The lowest BCUT2D eigenvalue weighted by Crippen LogP contribution is -2.37. The summed E-state index contributed by atoms with van der Waals surface area (Å²) in [6.45, 7) is 0. The summed E-state index contributed by atoms with van der Waals surface area (Å²) >= 11 is 1.60. The monoisotopic (exact) mass is 435 g/mol. The molecule has 2 aromatic heterocycles. The summed E-state index contributed by atoms with van der Waals surface area (Å²) in [6.07, 6.45) is 5.65. The van der Waals surface area contributed by atoms with Crippen LogP contribution < -0.4 is 16.0 Å². The molecule has 3 aromatic rings. The third kappa shape index (κ3) is 3.08. The van der Waals surface area contributed by atoms with Crippen molar-refractivity contribution in [1.82, 2.24) is 15.3 Å². The van der Waals surface area contributed by atoms with Crippen LogP contribution in [0.2, 0.25) is 0 Å². The molecule has 7 nitrogen and oxygen atoms in total. The van der Waals surface area contributed by atoms with Crippen LogP contribution in [0, 0.1) is 17.8 Å². The van der Waals surface area contributed by atoms with Gasteiger partial charge in [0.25, 0.3) is 5.91 Å². The molecule has 5 unspecified atom stereocenters. The molecule has 0 saturated heterocycles. The molecule has 4 bridgehead atoms. The van der Waals surface area contributed by atoms with Crippen molar-refractivity contribution < 1.29 is 9.90 Å². The molecule has 5 atom stereocenters. The van der Waals surface area contributed by atoms with E-state index in [1.165, 1.54) is 0 Å². The Morgan fingerprint density at radius 3 is 2.97 bits per heavy atom. The smallest absolute Gasteiger partial charge is 0.254 e. The van der Waals surface area contributed by atoms with Crippen LogP contribution in [-0.2, 0) is 0 Å². The molecule has 7 rings (SSSR count). The number of hydrogen-bond acceptors (Lipinski definition) is 7. The van der Waals surface area contributed by atoms with E-state index in [-0.39, 0.29) is 17.9 Å². The molecule has 4 saturated carbocycles. The lowest BCUT2D eigenvalue weighted by atomic mass is 9.79. The van der Waals surface area contributed by atoms with Gasteiger partial charge in [0.2, 0.25) is 0 Å². The lowest BCUT2D eigenvalue weighted by molar-refractivity contribution is 0.00989. The second kappa shape index (κ2) is 6.90. The molecule has 4 aliphatic carbocycles. The molecular formula is C23H25N5O2S. The summed E-state index contributed by atoms with van der Waals surface area (Å²) in [7, 11) is 1.63. The number of amides is 1. The maximum atomic E-state index is 12.5. The number of fused-ring (bicyclic) bond motifs is 1. The fraction of sp³-hybridized carbons (Fsp3) is 0.435. The second-order valence-corrected chi connectivity index (χ2v) is 10.1. The molecule has 31 heavy (non-hydrogen) atoms. The minimum Gasteiger partial charge on any atom is -0.389 e. The first-order valence-corrected chi connectivity index (χ1v) is 11.7. The predicted molar refractivity (Wildman–Crippen MR) is 122 cm³/mol. The molecule has 4 fully saturated rings. The van der Waals surface area contributed by atoms with E-state index >= 15 is 0 Å². The Kier molecular flexibility index (Phi) is 4.23. The minimum atomic E-state index is -0.531. The van der Waals surface area contributed by atoms with Crippen molar-refractivity contribution in [2.45, 2.75) is 37.3 Å². The Hall–Kier alpha value is -2.71. The number of carbonyl (C=O) groups is 1. The Bertz CT molecular complexity index is 1180. The number of thiazole rings is 1. The van der Waals surface area contributed by atoms with Gasteiger partial charge in [-0.25, -0.2) is 9.97 Å². The number of benzene rings is 1. The van der Waals surface area contributed by atoms with Crippen molar-refractivity contribution in [1.29, 1.82) is 0 Å². The zero-order chi connectivity index (χ0) is 21.2. The number of rotatable bonds is 5. The van der Waals surface area contributed by atoms with Crippen molar-refractivity contribution in [2.75, 3.05) is 17.7 Å². The summed E-state index contributed by atoms with van der Waals surface area (Å²) in [6, 6.07) is 8.12. The highest BCUT2D eigenvalue weighted by molar-refractivity contribution is 7.16. The molecule has 0 aliphatic heterocycles. The van der Waals surface area contributed by atoms with E-state index in [0.29, 0.717) is 23.2 Å². The number of nitrogens with one attached hydrogen (secondary N) is 3. The maximum Gasteiger partial charge on any atom is 0.254 e. The summed E-state index contributed by atoms with van der Waals surface area (Å²) in [4.78, 5) is 21.3. The standard InChI is InChI=1S/C23H25N5O2S/c1-24-22(29)15-10-25-20(27-14-2-3-17-19(6-14)31-11-26-17)7-18(15)28-21-13-4-12-5-16(21)23(30,8-12)9-13/h2-3,6-7,10-13,16,21,30H,4-5,8-9H2,1H3,(H,24,29)(H2,25,27,28). The SMILES string of the molecule is CNC(=O)c1cnc(Nc2ccc3ncsc3c2)cc1NC1C2CC3CC1C(O)(C3)C2. The van der Waals surface area contributed by atoms with Crippen molar-refractivity contribution in [2.24, 2.45) is 17.8 Å². The summed E-state index contributed by atoms with van der Waals surface area (Å²) < 4.78 is 1.11. The molecule has 160 valence electrons.